The van der Waals surface area contributed by atoms with E-state index in [1.54, 1.807) is 0 Å². The van der Waals surface area contributed by atoms with E-state index in [9.17, 15) is 18.0 Å². The van der Waals surface area contributed by atoms with Crippen molar-refractivity contribution in [3.63, 3.8) is 0 Å². The van der Waals surface area contributed by atoms with Gasteiger partial charge in [-0.1, -0.05) is 35.9 Å². The maximum absolute atomic E-state index is 13.1. The molecule has 4 nitrogen and oxygen atoms in total. The lowest BCUT2D eigenvalue weighted by atomic mass is 10.1. The van der Waals surface area contributed by atoms with Crippen LogP contribution in [0.15, 0.2) is 42.5 Å². The molecule has 2 rings (SSSR count). The fourth-order valence-electron chi connectivity index (χ4n) is 2.34. The Bertz CT molecular complexity index is 745. The van der Waals surface area contributed by atoms with Crippen LogP contribution in [0.25, 0.3) is 0 Å². The number of alkyl halides is 3. The summed E-state index contributed by atoms with van der Waals surface area (Å²) < 4.78 is 44.2. The molecule has 0 bridgehead atoms. The molecular formula is C18H19F3N2O2. The first-order valence-corrected chi connectivity index (χ1v) is 7.61. The Labute approximate surface area is 144 Å². The quantitative estimate of drug-likeness (QED) is 0.854. The van der Waals surface area contributed by atoms with Gasteiger partial charge in [-0.05, 0) is 30.2 Å². The summed E-state index contributed by atoms with van der Waals surface area (Å²) >= 11 is 0. The zero-order valence-electron chi connectivity index (χ0n) is 13.9. The highest BCUT2D eigenvalue weighted by molar-refractivity contribution is 5.73. The van der Waals surface area contributed by atoms with E-state index in [-0.39, 0.29) is 17.9 Å². The van der Waals surface area contributed by atoms with Crippen molar-refractivity contribution >= 4 is 6.03 Å². The second-order valence-electron chi connectivity index (χ2n) is 5.55. The van der Waals surface area contributed by atoms with Crippen molar-refractivity contribution in [2.75, 3.05) is 7.11 Å². The highest BCUT2D eigenvalue weighted by Gasteiger charge is 2.33. The number of urea groups is 1. The van der Waals surface area contributed by atoms with Crippen molar-refractivity contribution in [2.45, 2.75) is 26.2 Å². The monoisotopic (exact) mass is 352 g/mol. The number of benzene rings is 2. The van der Waals surface area contributed by atoms with Gasteiger partial charge in [0.05, 0.1) is 12.7 Å². The first-order chi connectivity index (χ1) is 11.8. The summed E-state index contributed by atoms with van der Waals surface area (Å²) in [5.41, 5.74) is 1.12. The van der Waals surface area contributed by atoms with Gasteiger partial charge in [0, 0.05) is 13.1 Å². The number of halogens is 3. The molecule has 2 N–H and O–H groups in total. The first kappa shape index (κ1) is 18.6. The second-order valence-corrected chi connectivity index (χ2v) is 5.55. The molecule has 2 aromatic rings. The van der Waals surface area contributed by atoms with Crippen LogP contribution in [0.2, 0.25) is 0 Å². The van der Waals surface area contributed by atoms with Crippen LogP contribution < -0.4 is 15.4 Å². The Hall–Kier alpha value is -2.70. The smallest absolute Gasteiger partial charge is 0.416 e. The van der Waals surface area contributed by atoms with Gasteiger partial charge >= 0.3 is 12.2 Å². The van der Waals surface area contributed by atoms with Crippen molar-refractivity contribution in [2.24, 2.45) is 0 Å². The predicted octanol–water partition coefficient (Wildman–Crippen LogP) is 4.02. The molecule has 0 aliphatic rings. The van der Waals surface area contributed by atoms with Gasteiger partial charge in [-0.3, -0.25) is 0 Å². The van der Waals surface area contributed by atoms with Crippen molar-refractivity contribution in [3.8, 4) is 5.75 Å². The van der Waals surface area contributed by atoms with Gasteiger partial charge in [0.1, 0.15) is 5.75 Å². The number of methoxy groups -OCH3 is 1. The lowest BCUT2D eigenvalue weighted by Crippen LogP contribution is -2.35. The normalized spacial score (nSPS) is 11.1. The Kier molecular flexibility index (Phi) is 5.90. The van der Waals surface area contributed by atoms with E-state index >= 15 is 0 Å². The fourth-order valence-corrected chi connectivity index (χ4v) is 2.34. The summed E-state index contributed by atoms with van der Waals surface area (Å²) in [6.07, 6.45) is -4.52. The third-order valence-corrected chi connectivity index (χ3v) is 3.60. The number of carbonyl (C=O) groups is 1. The van der Waals surface area contributed by atoms with Crippen molar-refractivity contribution in [1.29, 1.82) is 0 Å². The third kappa shape index (κ3) is 5.41. The van der Waals surface area contributed by atoms with Crippen LogP contribution >= 0.6 is 0 Å². The Morgan fingerprint density at radius 3 is 2.44 bits per heavy atom. The summed E-state index contributed by atoms with van der Waals surface area (Å²) in [6.45, 7) is 1.99. The van der Waals surface area contributed by atoms with Gasteiger partial charge in [0.25, 0.3) is 0 Å². The van der Waals surface area contributed by atoms with Crippen LogP contribution in [-0.4, -0.2) is 13.1 Å². The van der Waals surface area contributed by atoms with Crippen LogP contribution in [-0.2, 0) is 19.3 Å². The van der Waals surface area contributed by atoms with E-state index in [4.69, 9.17) is 4.74 Å². The largest absolute Gasteiger partial charge is 0.497 e. The topological polar surface area (TPSA) is 50.4 Å². The van der Waals surface area contributed by atoms with Crippen LogP contribution in [0.5, 0.6) is 5.75 Å². The molecule has 0 atom stereocenters. The van der Waals surface area contributed by atoms with Gasteiger partial charge in [0.2, 0.25) is 0 Å². The number of hydrogen-bond donors (Lipinski definition) is 2. The van der Waals surface area contributed by atoms with Crippen molar-refractivity contribution in [3.05, 3.63) is 64.7 Å². The Morgan fingerprint density at radius 2 is 1.80 bits per heavy atom. The van der Waals surface area contributed by atoms with Gasteiger partial charge < -0.3 is 15.4 Å². The average Bonchev–Trinajstić information content (AvgIpc) is 2.57. The van der Waals surface area contributed by atoms with Crippen LogP contribution in [0, 0.1) is 6.92 Å². The standard InChI is InChI=1S/C18H19F3N2O2/c1-12-4-3-5-13(8-12)10-22-17(24)23-11-14-6-7-15(25-2)9-16(14)18(19,20)21/h3-9H,10-11H2,1-2H3,(H2,22,23,24). The predicted molar refractivity (Wildman–Crippen MR) is 88.3 cm³/mol. The summed E-state index contributed by atoms with van der Waals surface area (Å²) in [6, 6.07) is 10.7. The molecule has 0 fully saturated rings. The molecule has 25 heavy (non-hydrogen) atoms. The second kappa shape index (κ2) is 7.92. The molecule has 0 spiro atoms. The Balaban J connectivity index is 1.97. The molecule has 0 saturated heterocycles. The van der Waals surface area contributed by atoms with Crippen LogP contribution in [0.3, 0.4) is 0 Å². The van der Waals surface area contributed by atoms with E-state index in [1.807, 2.05) is 31.2 Å². The number of ether oxygens (including phenoxy) is 1. The van der Waals surface area contributed by atoms with E-state index in [0.717, 1.165) is 17.2 Å². The minimum absolute atomic E-state index is 0.0287. The highest BCUT2D eigenvalue weighted by Crippen LogP contribution is 2.34. The number of rotatable bonds is 5. The molecule has 2 amide bonds. The minimum atomic E-state index is -4.52. The molecule has 0 heterocycles. The zero-order valence-corrected chi connectivity index (χ0v) is 13.9. The first-order valence-electron chi connectivity index (χ1n) is 7.61. The average molecular weight is 352 g/mol. The van der Waals surface area contributed by atoms with Crippen LogP contribution in [0.1, 0.15) is 22.3 Å². The van der Waals surface area contributed by atoms with Crippen molar-refractivity contribution < 1.29 is 22.7 Å². The summed E-state index contributed by atoms with van der Waals surface area (Å²) in [5, 5.41) is 5.06. The minimum Gasteiger partial charge on any atom is -0.497 e. The molecule has 0 aliphatic heterocycles. The van der Waals surface area contributed by atoms with Gasteiger partial charge in [-0.2, -0.15) is 13.2 Å². The zero-order chi connectivity index (χ0) is 18.4. The number of amides is 2. The molecule has 2 aromatic carbocycles. The lowest BCUT2D eigenvalue weighted by molar-refractivity contribution is -0.138. The number of aryl methyl sites for hydroxylation is 1. The molecule has 0 aliphatic carbocycles. The van der Waals surface area contributed by atoms with E-state index in [0.29, 0.717) is 6.54 Å². The van der Waals surface area contributed by atoms with Crippen LogP contribution in [0.4, 0.5) is 18.0 Å². The maximum Gasteiger partial charge on any atom is 0.416 e. The van der Waals surface area contributed by atoms with E-state index in [2.05, 4.69) is 10.6 Å². The summed E-state index contributed by atoms with van der Waals surface area (Å²) in [5.74, 6) is 0.111. The molecule has 0 saturated carbocycles. The van der Waals surface area contributed by atoms with Gasteiger partial charge in [-0.25, -0.2) is 4.79 Å². The lowest BCUT2D eigenvalue weighted by Gasteiger charge is -2.15. The summed E-state index contributed by atoms with van der Waals surface area (Å²) in [7, 11) is 1.30. The molecule has 7 heteroatoms. The fraction of sp³-hybridized carbons (Fsp3) is 0.278. The number of carbonyl (C=O) groups excluding carboxylic acids is 1. The highest BCUT2D eigenvalue weighted by atomic mass is 19.4. The van der Waals surface area contributed by atoms with Crippen molar-refractivity contribution in [1.82, 2.24) is 10.6 Å². The maximum atomic E-state index is 13.1. The molecule has 134 valence electrons. The third-order valence-electron chi connectivity index (χ3n) is 3.60. The van der Waals surface area contributed by atoms with Gasteiger partial charge in [-0.15, -0.1) is 0 Å². The number of hydrogen-bond acceptors (Lipinski definition) is 2. The SMILES string of the molecule is COc1ccc(CNC(=O)NCc2cccc(C)c2)c(C(F)(F)F)c1. The molecule has 0 aromatic heterocycles. The molecule has 0 radical (unpaired) electrons. The number of nitrogens with one attached hydrogen (secondary N) is 2. The molecule has 0 unspecified atom stereocenters. The molecular weight excluding hydrogens is 333 g/mol. The Morgan fingerprint density at radius 1 is 1.08 bits per heavy atom. The summed E-state index contributed by atoms with van der Waals surface area (Å²) in [4.78, 5) is 11.8. The van der Waals surface area contributed by atoms with E-state index < -0.39 is 17.8 Å². The van der Waals surface area contributed by atoms with E-state index in [1.165, 1.54) is 19.2 Å². The van der Waals surface area contributed by atoms with Gasteiger partial charge in [0.15, 0.2) is 0 Å².